The lowest BCUT2D eigenvalue weighted by Crippen LogP contribution is -2.02. The molecule has 18 heavy (non-hydrogen) atoms. The van der Waals surface area contributed by atoms with Crippen LogP contribution in [0.4, 0.5) is 0 Å². The van der Waals surface area contributed by atoms with Crippen LogP contribution >= 0.6 is 0 Å². The number of oxazole rings is 1. The lowest BCUT2D eigenvalue weighted by molar-refractivity contribution is 0.531. The molecule has 2 aromatic heterocycles. The number of fused-ring (bicyclic) bond motifs is 1. The summed E-state index contributed by atoms with van der Waals surface area (Å²) in [4.78, 5) is 8.83. The van der Waals surface area contributed by atoms with Crippen molar-refractivity contribution in [2.75, 3.05) is 6.54 Å². The molecule has 0 spiro atoms. The summed E-state index contributed by atoms with van der Waals surface area (Å²) < 4.78 is 5.55. The molecule has 0 saturated carbocycles. The Morgan fingerprint density at radius 1 is 1.00 bits per heavy atom. The molecule has 2 heterocycles. The summed E-state index contributed by atoms with van der Waals surface area (Å²) in [6.07, 6.45) is 0.636. The fraction of sp³-hybridized carbons (Fsp3) is 0.143. The SMILES string of the molecule is NCCc1nc2nc(-c3ccccc3)ccc2o1. The number of aromatic nitrogens is 2. The highest BCUT2D eigenvalue weighted by atomic mass is 16.3. The maximum absolute atomic E-state index is 5.55. The lowest BCUT2D eigenvalue weighted by Gasteiger charge is -1.98. The Labute approximate surface area is 104 Å². The summed E-state index contributed by atoms with van der Waals surface area (Å²) in [5, 5.41) is 0. The lowest BCUT2D eigenvalue weighted by atomic mass is 10.1. The van der Waals surface area contributed by atoms with Crippen molar-refractivity contribution in [2.45, 2.75) is 6.42 Å². The minimum absolute atomic E-state index is 0.526. The summed E-state index contributed by atoms with van der Waals surface area (Å²) in [6.45, 7) is 0.526. The molecule has 3 rings (SSSR count). The smallest absolute Gasteiger partial charge is 0.199 e. The highest BCUT2D eigenvalue weighted by Gasteiger charge is 2.07. The minimum atomic E-state index is 0.526. The first kappa shape index (κ1) is 10.9. The van der Waals surface area contributed by atoms with Crippen molar-refractivity contribution >= 4 is 11.2 Å². The van der Waals surface area contributed by atoms with Gasteiger partial charge in [0, 0.05) is 18.5 Å². The van der Waals surface area contributed by atoms with Crippen LogP contribution in [0.15, 0.2) is 46.9 Å². The van der Waals surface area contributed by atoms with E-state index in [1.54, 1.807) is 0 Å². The third-order valence-corrected chi connectivity index (χ3v) is 2.73. The van der Waals surface area contributed by atoms with Gasteiger partial charge in [0.2, 0.25) is 0 Å². The molecule has 1 aromatic carbocycles. The van der Waals surface area contributed by atoms with E-state index in [9.17, 15) is 0 Å². The number of nitrogens with zero attached hydrogens (tertiary/aromatic N) is 2. The summed E-state index contributed by atoms with van der Waals surface area (Å²) in [6, 6.07) is 13.8. The molecule has 3 aromatic rings. The maximum atomic E-state index is 5.55. The minimum Gasteiger partial charge on any atom is -0.439 e. The van der Waals surface area contributed by atoms with Gasteiger partial charge in [-0.2, -0.15) is 4.98 Å². The number of benzene rings is 1. The molecule has 0 radical (unpaired) electrons. The number of hydrogen-bond donors (Lipinski definition) is 1. The van der Waals surface area contributed by atoms with Gasteiger partial charge >= 0.3 is 0 Å². The molecule has 90 valence electrons. The van der Waals surface area contributed by atoms with Crippen LogP contribution in [0.5, 0.6) is 0 Å². The van der Waals surface area contributed by atoms with E-state index in [1.807, 2.05) is 42.5 Å². The van der Waals surface area contributed by atoms with Crippen LogP contribution in [-0.4, -0.2) is 16.5 Å². The third-order valence-electron chi connectivity index (χ3n) is 2.73. The molecular weight excluding hydrogens is 226 g/mol. The molecule has 4 heteroatoms. The Morgan fingerprint density at radius 3 is 2.61 bits per heavy atom. The zero-order chi connectivity index (χ0) is 12.4. The first-order valence-corrected chi connectivity index (χ1v) is 5.89. The Balaban J connectivity index is 2.05. The van der Waals surface area contributed by atoms with Gasteiger partial charge in [0.1, 0.15) is 0 Å². The first-order valence-electron chi connectivity index (χ1n) is 5.89. The van der Waals surface area contributed by atoms with Gasteiger partial charge in [0.05, 0.1) is 5.69 Å². The van der Waals surface area contributed by atoms with Crippen LogP contribution in [0.1, 0.15) is 5.89 Å². The van der Waals surface area contributed by atoms with Crippen LogP contribution in [-0.2, 0) is 6.42 Å². The highest BCUT2D eigenvalue weighted by Crippen LogP contribution is 2.21. The number of hydrogen-bond acceptors (Lipinski definition) is 4. The molecule has 2 N–H and O–H groups in total. The first-order chi connectivity index (χ1) is 8.86. The van der Waals surface area contributed by atoms with Crippen LogP contribution in [0.2, 0.25) is 0 Å². The Kier molecular flexibility index (Phi) is 2.78. The Hall–Kier alpha value is -2.20. The standard InChI is InChI=1S/C14H13N3O/c15-9-8-13-17-14-12(18-13)7-6-11(16-14)10-4-2-1-3-5-10/h1-7H,8-9,15H2. The van der Waals surface area contributed by atoms with Crippen LogP contribution in [0.25, 0.3) is 22.5 Å². The molecule has 0 atom stereocenters. The summed E-state index contributed by atoms with van der Waals surface area (Å²) in [5.74, 6) is 0.644. The Morgan fingerprint density at radius 2 is 1.83 bits per heavy atom. The predicted molar refractivity (Wildman–Crippen MR) is 70.0 cm³/mol. The number of pyridine rings is 1. The van der Waals surface area contributed by atoms with Crippen LogP contribution < -0.4 is 5.73 Å². The van der Waals surface area contributed by atoms with Gasteiger partial charge in [-0.1, -0.05) is 30.3 Å². The average molecular weight is 239 g/mol. The maximum Gasteiger partial charge on any atom is 0.199 e. The van der Waals surface area contributed by atoms with Gasteiger partial charge in [-0.15, -0.1) is 0 Å². The van der Waals surface area contributed by atoms with E-state index in [-0.39, 0.29) is 0 Å². The van der Waals surface area contributed by atoms with Crippen LogP contribution in [0, 0.1) is 0 Å². The molecule has 0 aliphatic heterocycles. The molecule has 4 nitrogen and oxygen atoms in total. The molecular formula is C14H13N3O. The van der Waals surface area contributed by atoms with Crippen molar-refractivity contribution in [1.29, 1.82) is 0 Å². The summed E-state index contributed by atoms with van der Waals surface area (Å²) >= 11 is 0. The van der Waals surface area contributed by atoms with E-state index in [0.717, 1.165) is 11.3 Å². The molecule has 0 aliphatic carbocycles. The zero-order valence-electron chi connectivity index (χ0n) is 9.84. The van der Waals surface area contributed by atoms with E-state index in [2.05, 4.69) is 9.97 Å². The summed E-state index contributed by atoms with van der Waals surface area (Å²) in [7, 11) is 0. The van der Waals surface area contributed by atoms with Gasteiger partial charge in [0.25, 0.3) is 0 Å². The molecule has 0 fully saturated rings. The Bertz CT molecular complexity index is 661. The van der Waals surface area contributed by atoms with Crippen molar-refractivity contribution in [1.82, 2.24) is 9.97 Å². The second-order valence-corrected chi connectivity index (χ2v) is 4.03. The number of rotatable bonds is 3. The highest BCUT2D eigenvalue weighted by molar-refractivity contribution is 5.73. The molecule has 0 amide bonds. The fourth-order valence-electron chi connectivity index (χ4n) is 1.86. The van der Waals surface area contributed by atoms with E-state index < -0.39 is 0 Å². The quantitative estimate of drug-likeness (QED) is 0.762. The van der Waals surface area contributed by atoms with Gasteiger partial charge in [-0.3, -0.25) is 0 Å². The van der Waals surface area contributed by atoms with Crippen LogP contribution in [0.3, 0.4) is 0 Å². The zero-order valence-corrected chi connectivity index (χ0v) is 9.84. The predicted octanol–water partition coefficient (Wildman–Crippen LogP) is 2.39. The molecule has 0 saturated heterocycles. The van der Waals surface area contributed by atoms with E-state index >= 15 is 0 Å². The van der Waals surface area contributed by atoms with Crippen molar-refractivity contribution in [2.24, 2.45) is 5.73 Å². The third kappa shape index (κ3) is 1.98. The summed E-state index contributed by atoms with van der Waals surface area (Å²) in [5.41, 5.74) is 8.80. The van der Waals surface area contributed by atoms with Crippen molar-refractivity contribution in [3.05, 3.63) is 48.4 Å². The molecule has 0 bridgehead atoms. The van der Waals surface area contributed by atoms with Crippen molar-refractivity contribution in [3.63, 3.8) is 0 Å². The van der Waals surface area contributed by atoms with Gasteiger partial charge in [0.15, 0.2) is 17.1 Å². The second-order valence-electron chi connectivity index (χ2n) is 4.03. The number of nitrogens with two attached hydrogens (primary N) is 1. The van der Waals surface area contributed by atoms with E-state index in [1.165, 1.54) is 0 Å². The monoisotopic (exact) mass is 239 g/mol. The fourth-order valence-corrected chi connectivity index (χ4v) is 1.86. The topological polar surface area (TPSA) is 64.9 Å². The largest absolute Gasteiger partial charge is 0.439 e. The van der Waals surface area contributed by atoms with Crippen molar-refractivity contribution in [3.8, 4) is 11.3 Å². The van der Waals surface area contributed by atoms with Gasteiger partial charge < -0.3 is 10.2 Å². The van der Waals surface area contributed by atoms with Gasteiger partial charge in [-0.25, -0.2) is 4.98 Å². The molecule has 0 aliphatic rings. The van der Waals surface area contributed by atoms with E-state index in [4.69, 9.17) is 10.2 Å². The average Bonchev–Trinajstić information content (AvgIpc) is 2.81. The second kappa shape index (κ2) is 4.58. The normalized spacial score (nSPS) is 10.9. The molecule has 0 unspecified atom stereocenters. The van der Waals surface area contributed by atoms with Gasteiger partial charge in [-0.05, 0) is 12.1 Å². The van der Waals surface area contributed by atoms with E-state index in [0.29, 0.717) is 30.1 Å². The van der Waals surface area contributed by atoms with Crippen molar-refractivity contribution < 1.29 is 4.42 Å².